The number of ether oxygens (including phenoxy) is 1. The van der Waals surface area contributed by atoms with Gasteiger partial charge in [-0.3, -0.25) is 4.98 Å². The van der Waals surface area contributed by atoms with Gasteiger partial charge in [-0.25, -0.2) is 0 Å². The van der Waals surface area contributed by atoms with Gasteiger partial charge in [-0.15, -0.1) is 0 Å². The highest BCUT2D eigenvalue weighted by Crippen LogP contribution is 2.48. The quantitative estimate of drug-likeness (QED) is 0.827. The first-order valence-electron chi connectivity index (χ1n) is 4.83. The number of methoxy groups -OCH3 is 1. The minimum atomic E-state index is -0.368. The Hall–Kier alpha value is -1.08. The maximum atomic E-state index is 9.29. The lowest BCUT2D eigenvalue weighted by Crippen LogP contribution is -2.33. The molecule has 4 heteroatoms. The van der Waals surface area contributed by atoms with Crippen molar-refractivity contribution in [3.8, 4) is 11.8 Å². The van der Waals surface area contributed by atoms with Crippen molar-refractivity contribution in [2.24, 2.45) is 0 Å². The van der Waals surface area contributed by atoms with E-state index in [0.29, 0.717) is 5.75 Å². The number of halogens is 1. The van der Waals surface area contributed by atoms with Crippen LogP contribution in [0.25, 0.3) is 0 Å². The van der Waals surface area contributed by atoms with Crippen LogP contribution in [-0.2, 0) is 5.41 Å². The third-order valence-electron chi connectivity index (χ3n) is 2.98. The fourth-order valence-electron chi connectivity index (χ4n) is 1.98. The molecule has 0 aromatic carbocycles. The largest absolute Gasteiger partial charge is 0.495 e. The van der Waals surface area contributed by atoms with Gasteiger partial charge in [0.05, 0.1) is 24.8 Å². The van der Waals surface area contributed by atoms with E-state index in [1.54, 1.807) is 19.5 Å². The van der Waals surface area contributed by atoms with Gasteiger partial charge in [-0.05, 0) is 35.2 Å². The molecule has 1 aromatic rings. The van der Waals surface area contributed by atoms with Gasteiger partial charge >= 0.3 is 0 Å². The Morgan fingerprint density at radius 3 is 2.73 bits per heavy atom. The van der Waals surface area contributed by atoms with Crippen molar-refractivity contribution in [2.75, 3.05) is 7.11 Å². The van der Waals surface area contributed by atoms with Crippen LogP contribution in [0.15, 0.2) is 16.9 Å². The molecule has 1 saturated carbocycles. The molecule has 0 radical (unpaired) electrons. The molecule has 2 rings (SSSR count). The molecule has 0 amide bonds. The number of rotatable bonds is 2. The minimum absolute atomic E-state index is 0.368. The molecule has 0 unspecified atom stereocenters. The van der Waals surface area contributed by atoms with E-state index in [4.69, 9.17) is 4.74 Å². The van der Waals surface area contributed by atoms with Crippen molar-refractivity contribution in [3.63, 3.8) is 0 Å². The molecule has 3 nitrogen and oxygen atoms in total. The minimum Gasteiger partial charge on any atom is -0.495 e. The van der Waals surface area contributed by atoms with Crippen LogP contribution in [0.4, 0.5) is 0 Å². The summed E-state index contributed by atoms with van der Waals surface area (Å²) < 4.78 is 6.13. The van der Waals surface area contributed by atoms with E-state index in [2.05, 4.69) is 27.0 Å². The van der Waals surface area contributed by atoms with Crippen molar-refractivity contribution < 1.29 is 4.74 Å². The topological polar surface area (TPSA) is 45.9 Å². The highest BCUT2D eigenvalue weighted by Gasteiger charge is 2.42. The zero-order chi connectivity index (χ0) is 10.9. The third-order valence-corrected chi connectivity index (χ3v) is 3.59. The zero-order valence-electron chi connectivity index (χ0n) is 8.46. The van der Waals surface area contributed by atoms with Crippen molar-refractivity contribution in [1.82, 2.24) is 4.98 Å². The Kier molecular flexibility index (Phi) is 2.66. The lowest BCUT2D eigenvalue weighted by Gasteiger charge is -2.36. The van der Waals surface area contributed by atoms with E-state index in [0.717, 1.165) is 29.3 Å². The highest BCUT2D eigenvalue weighted by molar-refractivity contribution is 9.10. The summed E-state index contributed by atoms with van der Waals surface area (Å²) in [6, 6.07) is 2.41. The van der Waals surface area contributed by atoms with Crippen LogP contribution in [0.5, 0.6) is 5.75 Å². The monoisotopic (exact) mass is 266 g/mol. The average molecular weight is 267 g/mol. The van der Waals surface area contributed by atoms with Crippen LogP contribution in [0, 0.1) is 11.3 Å². The third kappa shape index (κ3) is 1.51. The molecule has 1 aromatic heterocycles. The Morgan fingerprint density at radius 2 is 2.27 bits per heavy atom. The summed E-state index contributed by atoms with van der Waals surface area (Å²) in [6.07, 6.45) is 6.29. The van der Waals surface area contributed by atoms with Crippen LogP contribution in [0.3, 0.4) is 0 Å². The Labute approximate surface area is 97.2 Å². The molecule has 15 heavy (non-hydrogen) atoms. The standard InChI is InChI=1S/C11H11BrN2O/c1-15-9-6-14-5-8(12)10(9)11(7-13)3-2-4-11/h5-6H,2-4H2,1H3. The number of aromatic nitrogens is 1. The molecule has 0 aliphatic heterocycles. The molecule has 0 saturated heterocycles. The number of nitrogens with zero attached hydrogens (tertiary/aromatic N) is 2. The molecule has 0 spiro atoms. The second-order valence-electron chi connectivity index (χ2n) is 3.75. The van der Waals surface area contributed by atoms with Crippen molar-refractivity contribution in [1.29, 1.82) is 5.26 Å². The van der Waals surface area contributed by atoms with Crippen molar-refractivity contribution >= 4 is 15.9 Å². The maximum absolute atomic E-state index is 9.29. The van der Waals surface area contributed by atoms with Crippen LogP contribution < -0.4 is 4.74 Å². The molecule has 0 bridgehead atoms. The summed E-state index contributed by atoms with van der Waals surface area (Å²) >= 11 is 3.45. The van der Waals surface area contributed by atoms with E-state index in [-0.39, 0.29) is 5.41 Å². The van der Waals surface area contributed by atoms with Gasteiger partial charge in [0.25, 0.3) is 0 Å². The molecule has 1 heterocycles. The van der Waals surface area contributed by atoms with Gasteiger partial charge in [0, 0.05) is 16.2 Å². The number of nitriles is 1. The van der Waals surface area contributed by atoms with Gasteiger partial charge in [0.1, 0.15) is 5.75 Å². The van der Waals surface area contributed by atoms with E-state index < -0.39 is 0 Å². The van der Waals surface area contributed by atoms with Gasteiger partial charge < -0.3 is 4.74 Å². The second-order valence-corrected chi connectivity index (χ2v) is 4.60. The summed E-state index contributed by atoms with van der Waals surface area (Å²) in [5.41, 5.74) is 0.585. The van der Waals surface area contributed by atoms with E-state index in [1.165, 1.54) is 0 Å². The molecule has 1 aliphatic carbocycles. The lowest BCUT2D eigenvalue weighted by molar-refractivity contribution is 0.305. The SMILES string of the molecule is COc1cncc(Br)c1C1(C#N)CCC1. The predicted octanol–water partition coefficient (Wildman–Crippen LogP) is 2.80. The predicted molar refractivity (Wildman–Crippen MR) is 59.6 cm³/mol. The molecule has 1 aliphatic rings. The molecule has 0 N–H and O–H groups in total. The second kappa shape index (κ2) is 3.82. The van der Waals surface area contributed by atoms with Gasteiger partial charge in [-0.1, -0.05) is 0 Å². The molecule has 0 atom stereocenters. The zero-order valence-corrected chi connectivity index (χ0v) is 10.0. The Morgan fingerprint density at radius 1 is 1.53 bits per heavy atom. The van der Waals surface area contributed by atoms with E-state index in [1.807, 2.05) is 0 Å². The van der Waals surface area contributed by atoms with Crippen LogP contribution in [0.2, 0.25) is 0 Å². The summed E-state index contributed by atoms with van der Waals surface area (Å²) in [4.78, 5) is 4.04. The van der Waals surface area contributed by atoms with E-state index >= 15 is 0 Å². The lowest BCUT2D eigenvalue weighted by atomic mass is 9.65. The molecular weight excluding hydrogens is 256 g/mol. The first-order chi connectivity index (χ1) is 7.23. The molecule has 78 valence electrons. The summed E-state index contributed by atoms with van der Waals surface area (Å²) in [5.74, 6) is 0.700. The van der Waals surface area contributed by atoms with Crippen LogP contribution >= 0.6 is 15.9 Å². The van der Waals surface area contributed by atoms with Crippen molar-refractivity contribution in [3.05, 3.63) is 22.4 Å². The Balaban J connectivity index is 2.56. The number of pyridine rings is 1. The number of hydrogen-bond donors (Lipinski definition) is 0. The first kappa shape index (κ1) is 10.4. The first-order valence-corrected chi connectivity index (χ1v) is 5.62. The smallest absolute Gasteiger partial charge is 0.143 e. The van der Waals surface area contributed by atoms with Gasteiger partial charge in [-0.2, -0.15) is 5.26 Å². The van der Waals surface area contributed by atoms with Gasteiger partial charge in [0.15, 0.2) is 0 Å². The van der Waals surface area contributed by atoms with Crippen LogP contribution in [-0.4, -0.2) is 12.1 Å². The maximum Gasteiger partial charge on any atom is 0.143 e. The summed E-state index contributed by atoms with van der Waals surface area (Å²) in [7, 11) is 1.61. The fraction of sp³-hybridized carbons (Fsp3) is 0.455. The van der Waals surface area contributed by atoms with Crippen LogP contribution in [0.1, 0.15) is 24.8 Å². The van der Waals surface area contributed by atoms with Gasteiger partial charge in [0.2, 0.25) is 0 Å². The Bertz CT molecular complexity index is 421. The highest BCUT2D eigenvalue weighted by atomic mass is 79.9. The summed E-state index contributed by atoms with van der Waals surface area (Å²) in [6.45, 7) is 0. The van der Waals surface area contributed by atoms with E-state index in [9.17, 15) is 5.26 Å². The fourth-order valence-corrected chi connectivity index (χ4v) is 2.68. The number of hydrogen-bond acceptors (Lipinski definition) is 3. The summed E-state index contributed by atoms with van der Waals surface area (Å²) in [5, 5.41) is 9.29. The average Bonchev–Trinajstić information content (AvgIpc) is 2.19. The van der Waals surface area contributed by atoms with Crippen molar-refractivity contribution in [2.45, 2.75) is 24.7 Å². The normalized spacial score (nSPS) is 17.7. The molecular formula is C11H11BrN2O. The molecule has 1 fully saturated rings.